The summed E-state index contributed by atoms with van der Waals surface area (Å²) in [6, 6.07) is 6.33. The summed E-state index contributed by atoms with van der Waals surface area (Å²) in [6.07, 6.45) is 1.62. The number of ether oxygens (including phenoxy) is 1. The molecule has 0 amide bonds. The van der Waals surface area contributed by atoms with Crippen LogP contribution >= 0.6 is 0 Å². The average molecular weight is 231 g/mol. The van der Waals surface area contributed by atoms with Crippen molar-refractivity contribution in [3.63, 3.8) is 0 Å². The third-order valence-electron chi connectivity index (χ3n) is 1.99. The van der Waals surface area contributed by atoms with Gasteiger partial charge in [-0.3, -0.25) is 0 Å². The monoisotopic (exact) mass is 231 g/mol. The topological polar surface area (TPSA) is 41.5 Å². The minimum absolute atomic E-state index is 0.149. The minimum Gasteiger partial charge on any atom is -0.435 e. The highest BCUT2D eigenvalue weighted by Gasteiger charge is 2.03. The molecule has 0 aliphatic heterocycles. The fraction of sp³-hybridized carbons (Fsp3) is 0.455. The van der Waals surface area contributed by atoms with Crippen molar-refractivity contribution < 1.29 is 18.6 Å². The highest BCUT2D eigenvalue weighted by atomic mass is 19.3. The van der Waals surface area contributed by atoms with E-state index in [1.807, 2.05) is 0 Å². The minimum atomic E-state index is -2.79. The summed E-state index contributed by atoms with van der Waals surface area (Å²) in [5, 5.41) is 11.7. The van der Waals surface area contributed by atoms with Crippen molar-refractivity contribution in [3.05, 3.63) is 24.3 Å². The van der Waals surface area contributed by atoms with Gasteiger partial charge in [0, 0.05) is 18.8 Å². The van der Waals surface area contributed by atoms with Gasteiger partial charge in [-0.2, -0.15) is 8.78 Å². The van der Waals surface area contributed by atoms with Crippen LogP contribution in [0.25, 0.3) is 0 Å². The van der Waals surface area contributed by atoms with Crippen LogP contribution < -0.4 is 10.1 Å². The zero-order valence-corrected chi connectivity index (χ0v) is 8.83. The van der Waals surface area contributed by atoms with Gasteiger partial charge in [-0.05, 0) is 37.1 Å². The molecule has 1 rings (SSSR count). The van der Waals surface area contributed by atoms with E-state index in [2.05, 4.69) is 10.1 Å². The molecule has 0 aliphatic rings. The Labute approximate surface area is 93.0 Å². The molecule has 0 aromatic heterocycles. The second-order valence-electron chi connectivity index (χ2n) is 3.26. The van der Waals surface area contributed by atoms with Gasteiger partial charge in [-0.1, -0.05) is 0 Å². The van der Waals surface area contributed by atoms with Gasteiger partial charge in [0.1, 0.15) is 5.75 Å². The van der Waals surface area contributed by atoms with E-state index < -0.39 is 6.61 Å². The Bertz CT molecular complexity index is 291. The van der Waals surface area contributed by atoms with Gasteiger partial charge < -0.3 is 15.2 Å². The molecule has 0 unspecified atom stereocenters. The molecule has 0 saturated carbocycles. The van der Waals surface area contributed by atoms with E-state index in [-0.39, 0.29) is 12.4 Å². The largest absolute Gasteiger partial charge is 0.435 e. The fourth-order valence-corrected chi connectivity index (χ4v) is 1.22. The molecule has 0 atom stereocenters. The fourth-order valence-electron chi connectivity index (χ4n) is 1.22. The van der Waals surface area contributed by atoms with E-state index in [1.54, 1.807) is 12.1 Å². The van der Waals surface area contributed by atoms with E-state index >= 15 is 0 Å². The molecule has 1 aromatic carbocycles. The summed E-state index contributed by atoms with van der Waals surface area (Å²) >= 11 is 0. The SMILES string of the molecule is OCCCCNc1ccc(OC(F)F)cc1. The number of unbranched alkanes of at least 4 members (excludes halogenated alkanes) is 1. The standard InChI is InChI=1S/C11H15F2NO2/c12-11(13)16-10-5-3-9(4-6-10)14-7-1-2-8-15/h3-6,11,14-15H,1-2,7-8H2. The number of nitrogens with one attached hydrogen (secondary N) is 1. The maximum Gasteiger partial charge on any atom is 0.387 e. The first-order chi connectivity index (χ1) is 7.72. The molecule has 0 fully saturated rings. The normalized spacial score (nSPS) is 10.5. The number of aliphatic hydroxyl groups excluding tert-OH is 1. The van der Waals surface area contributed by atoms with Gasteiger partial charge in [0.15, 0.2) is 0 Å². The number of halogens is 2. The smallest absolute Gasteiger partial charge is 0.387 e. The lowest BCUT2D eigenvalue weighted by Crippen LogP contribution is -2.03. The second-order valence-corrected chi connectivity index (χ2v) is 3.26. The van der Waals surface area contributed by atoms with Crippen LogP contribution in [0.1, 0.15) is 12.8 Å². The Morgan fingerprint density at radius 1 is 1.19 bits per heavy atom. The maximum atomic E-state index is 11.8. The summed E-state index contributed by atoms with van der Waals surface area (Å²) in [5.41, 5.74) is 0.847. The molecular weight excluding hydrogens is 216 g/mol. The maximum absolute atomic E-state index is 11.8. The first-order valence-electron chi connectivity index (χ1n) is 5.12. The van der Waals surface area contributed by atoms with Crippen molar-refractivity contribution in [2.24, 2.45) is 0 Å². The third-order valence-corrected chi connectivity index (χ3v) is 1.99. The summed E-state index contributed by atoms with van der Waals surface area (Å²) in [6.45, 7) is -1.86. The van der Waals surface area contributed by atoms with E-state index in [4.69, 9.17) is 5.11 Å². The van der Waals surface area contributed by atoms with Gasteiger partial charge in [-0.15, -0.1) is 0 Å². The molecule has 0 aliphatic carbocycles. The van der Waals surface area contributed by atoms with Crippen LogP contribution in [0.5, 0.6) is 5.75 Å². The van der Waals surface area contributed by atoms with E-state index in [0.717, 1.165) is 25.1 Å². The van der Waals surface area contributed by atoms with Gasteiger partial charge in [0.05, 0.1) is 0 Å². The number of aliphatic hydroxyl groups is 1. The van der Waals surface area contributed by atoms with Crippen LogP contribution in [-0.4, -0.2) is 24.9 Å². The summed E-state index contributed by atoms with van der Waals surface area (Å²) in [7, 11) is 0. The Balaban J connectivity index is 2.33. The summed E-state index contributed by atoms with van der Waals surface area (Å²) in [4.78, 5) is 0. The lowest BCUT2D eigenvalue weighted by atomic mass is 10.3. The first-order valence-corrected chi connectivity index (χ1v) is 5.12. The molecule has 0 heterocycles. The first kappa shape index (κ1) is 12.7. The summed E-state index contributed by atoms with van der Waals surface area (Å²) < 4.78 is 27.9. The van der Waals surface area contributed by atoms with Crippen molar-refractivity contribution in [2.75, 3.05) is 18.5 Å². The number of benzene rings is 1. The summed E-state index contributed by atoms with van der Waals surface area (Å²) in [5.74, 6) is 0.149. The number of hydrogen-bond donors (Lipinski definition) is 2. The Morgan fingerprint density at radius 3 is 2.44 bits per heavy atom. The second kappa shape index (κ2) is 7.00. The molecule has 2 N–H and O–H groups in total. The lowest BCUT2D eigenvalue weighted by Gasteiger charge is -2.07. The third kappa shape index (κ3) is 4.93. The van der Waals surface area contributed by atoms with E-state index in [1.165, 1.54) is 12.1 Å². The molecule has 90 valence electrons. The van der Waals surface area contributed by atoms with E-state index in [9.17, 15) is 8.78 Å². The predicted molar refractivity (Wildman–Crippen MR) is 57.9 cm³/mol. The molecule has 3 nitrogen and oxygen atoms in total. The number of anilines is 1. The van der Waals surface area contributed by atoms with Gasteiger partial charge in [-0.25, -0.2) is 0 Å². The zero-order valence-electron chi connectivity index (χ0n) is 8.83. The van der Waals surface area contributed by atoms with Crippen LogP contribution in [-0.2, 0) is 0 Å². The van der Waals surface area contributed by atoms with Crippen LogP contribution in [0.15, 0.2) is 24.3 Å². The van der Waals surface area contributed by atoms with Crippen LogP contribution in [0.2, 0.25) is 0 Å². The highest BCUT2D eigenvalue weighted by molar-refractivity contribution is 5.46. The molecule has 0 spiro atoms. The van der Waals surface area contributed by atoms with Crippen molar-refractivity contribution in [3.8, 4) is 5.75 Å². The average Bonchev–Trinajstić information content (AvgIpc) is 2.26. The van der Waals surface area contributed by atoms with Crippen molar-refractivity contribution in [1.29, 1.82) is 0 Å². The quantitative estimate of drug-likeness (QED) is 0.708. The Hall–Kier alpha value is -1.36. The van der Waals surface area contributed by atoms with E-state index in [0.29, 0.717) is 0 Å². The zero-order chi connectivity index (χ0) is 11.8. The van der Waals surface area contributed by atoms with Crippen LogP contribution in [0.3, 0.4) is 0 Å². The Morgan fingerprint density at radius 2 is 1.88 bits per heavy atom. The van der Waals surface area contributed by atoms with Gasteiger partial charge >= 0.3 is 6.61 Å². The highest BCUT2D eigenvalue weighted by Crippen LogP contribution is 2.17. The number of hydrogen-bond acceptors (Lipinski definition) is 3. The lowest BCUT2D eigenvalue weighted by molar-refractivity contribution is -0.0498. The van der Waals surface area contributed by atoms with Gasteiger partial charge in [0.25, 0.3) is 0 Å². The molecule has 5 heteroatoms. The van der Waals surface area contributed by atoms with Gasteiger partial charge in [0.2, 0.25) is 0 Å². The van der Waals surface area contributed by atoms with Crippen LogP contribution in [0, 0.1) is 0 Å². The van der Waals surface area contributed by atoms with Crippen LogP contribution in [0.4, 0.5) is 14.5 Å². The number of alkyl halides is 2. The molecule has 0 bridgehead atoms. The van der Waals surface area contributed by atoms with Crippen molar-refractivity contribution in [1.82, 2.24) is 0 Å². The van der Waals surface area contributed by atoms with Crippen molar-refractivity contribution in [2.45, 2.75) is 19.5 Å². The molecular formula is C11H15F2NO2. The molecule has 0 radical (unpaired) electrons. The molecule has 0 saturated heterocycles. The Kier molecular flexibility index (Phi) is 5.56. The number of rotatable bonds is 7. The van der Waals surface area contributed by atoms with Crippen molar-refractivity contribution >= 4 is 5.69 Å². The molecule has 1 aromatic rings. The molecule has 16 heavy (non-hydrogen) atoms. The predicted octanol–water partition coefficient (Wildman–Crippen LogP) is 2.47.